The SMILES string of the molecule is N#CCc1ccccc1-c1nc(-c2ccccc2F)no1. The van der Waals surface area contributed by atoms with E-state index in [-0.39, 0.29) is 23.7 Å². The first kappa shape index (κ1) is 13.0. The Kier molecular flexibility index (Phi) is 3.44. The summed E-state index contributed by atoms with van der Waals surface area (Å²) in [7, 11) is 0. The van der Waals surface area contributed by atoms with E-state index in [1.54, 1.807) is 24.3 Å². The number of rotatable bonds is 3. The molecule has 0 bridgehead atoms. The quantitative estimate of drug-likeness (QED) is 0.734. The lowest BCUT2D eigenvalue weighted by Gasteiger charge is -2.00. The van der Waals surface area contributed by atoms with Crippen molar-refractivity contribution in [1.82, 2.24) is 10.1 Å². The normalized spacial score (nSPS) is 10.3. The van der Waals surface area contributed by atoms with E-state index in [9.17, 15) is 4.39 Å². The molecule has 0 atom stereocenters. The van der Waals surface area contributed by atoms with Crippen molar-refractivity contribution in [3.63, 3.8) is 0 Å². The topological polar surface area (TPSA) is 62.7 Å². The summed E-state index contributed by atoms with van der Waals surface area (Å²) < 4.78 is 18.9. The molecule has 3 aromatic rings. The number of nitrogens with zero attached hydrogens (tertiary/aromatic N) is 3. The zero-order chi connectivity index (χ0) is 14.7. The van der Waals surface area contributed by atoms with Crippen molar-refractivity contribution >= 4 is 0 Å². The van der Waals surface area contributed by atoms with E-state index in [1.165, 1.54) is 6.07 Å². The van der Waals surface area contributed by atoms with Crippen LogP contribution in [-0.2, 0) is 6.42 Å². The third kappa shape index (κ3) is 2.51. The molecular formula is C16H10FN3O. The Morgan fingerprint density at radius 2 is 1.76 bits per heavy atom. The van der Waals surface area contributed by atoms with E-state index in [2.05, 4.69) is 16.2 Å². The molecule has 0 aliphatic rings. The van der Waals surface area contributed by atoms with Crippen LogP contribution in [-0.4, -0.2) is 10.1 Å². The minimum Gasteiger partial charge on any atom is -0.334 e. The Balaban J connectivity index is 2.04. The predicted octanol–water partition coefficient (Wildman–Crippen LogP) is 3.61. The van der Waals surface area contributed by atoms with Gasteiger partial charge in [-0.15, -0.1) is 0 Å². The van der Waals surface area contributed by atoms with Crippen LogP contribution < -0.4 is 0 Å². The number of nitriles is 1. The number of aromatic nitrogens is 2. The molecule has 0 amide bonds. The van der Waals surface area contributed by atoms with Crippen LogP contribution in [0.25, 0.3) is 22.8 Å². The second kappa shape index (κ2) is 5.55. The highest BCUT2D eigenvalue weighted by molar-refractivity contribution is 5.63. The van der Waals surface area contributed by atoms with Crippen molar-refractivity contribution in [3.05, 3.63) is 59.9 Å². The van der Waals surface area contributed by atoms with E-state index in [4.69, 9.17) is 9.78 Å². The average molecular weight is 279 g/mol. The van der Waals surface area contributed by atoms with Crippen molar-refractivity contribution in [1.29, 1.82) is 5.26 Å². The lowest BCUT2D eigenvalue weighted by molar-refractivity contribution is 0.431. The van der Waals surface area contributed by atoms with Gasteiger partial charge in [0, 0.05) is 5.56 Å². The number of benzene rings is 2. The highest BCUT2D eigenvalue weighted by Gasteiger charge is 2.15. The lowest BCUT2D eigenvalue weighted by atomic mass is 10.1. The van der Waals surface area contributed by atoms with Crippen LogP contribution >= 0.6 is 0 Å². The Hall–Kier alpha value is -3.00. The van der Waals surface area contributed by atoms with Gasteiger partial charge in [0.1, 0.15) is 5.82 Å². The van der Waals surface area contributed by atoms with E-state index < -0.39 is 5.82 Å². The summed E-state index contributed by atoms with van der Waals surface area (Å²) in [5.41, 5.74) is 1.77. The van der Waals surface area contributed by atoms with E-state index in [0.717, 1.165) is 5.56 Å². The van der Waals surface area contributed by atoms with E-state index in [1.807, 2.05) is 18.2 Å². The maximum Gasteiger partial charge on any atom is 0.258 e. The van der Waals surface area contributed by atoms with Gasteiger partial charge >= 0.3 is 0 Å². The molecule has 4 nitrogen and oxygen atoms in total. The Morgan fingerprint density at radius 1 is 1.05 bits per heavy atom. The summed E-state index contributed by atoms with van der Waals surface area (Å²) in [6, 6.07) is 15.6. The van der Waals surface area contributed by atoms with Crippen LogP contribution in [0.2, 0.25) is 0 Å². The summed E-state index contributed by atoms with van der Waals surface area (Å²) in [5, 5.41) is 12.7. The zero-order valence-electron chi connectivity index (χ0n) is 11.0. The molecule has 0 aliphatic heterocycles. The second-order valence-electron chi connectivity index (χ2n) is 4.40. The van der Waals surface area contributed by atoms with Gasteiger partial charge in [0.25, 0.3) is 5.89 Å². The summed E-state index contributed by atoms with van der Waals surface area (Å²) in [4.78, 5) is 4.23. The van der Waals surface area contributed by atoms with Gasteiger partial charge in [-0.25, -0.2) is 4.39 Å². The van der Waals surface area contributed by atoms with Crippen LogP contribution in [0.4, 0.5) is 4.39 Å². The molecule has 21 heavy (non-hydrogen) atoms. The van der Waals surface area contributed by atoms with Crippen LogP contribution in [0.5, 0.6) is 0 Å². The molecule has 2 aromatic carbocycles. The highest BCUT2D eigenvalue weighted by Crippen LogP contribution is 2.26. The monoisotopic (exact) mass is 279 g/mol. The van der Waals surface area contributed by atoms with Gasteiger partial charge in [0.2, 0.25) is 5.82 Å². The summed E-state index contributed by atoms with van der Waals surface area (Å²) in [6.07, 6.45) is 0.244. The molecule has 102 valence electrons. The van der Waals surface area contributed by atoms with Crippen molar-refractivity contribution in [2.45, 2.75) is 6.42 Å². The van der Waals surface area contributed by atoms with Crippen LogP contribution in [0.1, 0.15) is 5.56 Å². The van der Waals surface area contributed by atoms with Crippen molar-refractivity contribution in [2.24, 2.45) is 0 Å². The smallest absolute Gasteiger partial charge is 0.258 e. The fourth-order valence-electron chi connectivity index (χ4n) is 2.05. The number of halogens is 1. The summed E-state index contributed by atoms with van der Waals surface area (Å²) in [5.74, 6) is 0.0594. The molecule has 0 radical (unpaired) electrons. The van der Waals surface area contributed by atoms with Crippen LogP contribution in [0.15, 0.2) is 53.1 Å². The Labute approximate surface area is 120 Å². The molecule has 0 saturated carbocycles. The summed E-state index contributed by atoms with van der Waals surface area (Å²) >= 11 is 0. The van der Waals surface area contributed by atoms with E-state index >= 15 is 0 Å². The van der Waals surface area contributed by atoms with Crippen molar-refractivity contribution in [3.8, 4) is 28.9 Å². The predicted molar refractivity (Wildman–Crippen MR) is 74.4 cm³/mol. The Bertz CT molecular complexity index is 820. The lowest BCUT2D eigenvalue weighted by Crippen LogP contribution is -1.89. The molecule has 0 aliphatic carbocycles. The first-order valence-electron chi connectivity index (χ1n) is 6.33. The first-order valence-corrected chi connectivity index (χ1v) is 6.33. The number of hydrogen-bond acceptors (Lipinski definition) is 4. The first-order chi connectivity index (χ1) is 10.3. The van der Waals surface area contributed by atoms with Gasteiger partial charge in [-0.05, 0) is 23.8 Å². The third-order valence-corrected chi connectivity index (χ3v) is 3.06. The molecule has 5 heteroatoms. The molecule has 0 fully saturated rings. The molecule has 1 heterocycles. The fraction of sp³-hybridized carbons (Fsp3) is 0.0625. The molecule has 0 saturated heterocycles. The van der Waals surface area contributed by atoms with Gasteiger partial charge in [0.05, 0.1) is 18.1 Å². The maximum absolute atomic E-state index is 13.7. The average Bonchev–Trinajstić information content (AvgIpc) is 2.98. The molecule has 1 aromatic heterocycles. The largest absolute Gasteiger partial charge is 0.334 e. The van der Waals surface area contributed by atoms with Crippen molar-refractivity contribution in [2.75, 3.05) is 0 Å². The van der Waals surface area contributed by atoms with Gasteiger partial charge in [0.15, 0.2) is 0 Å². The standard InChI is InChI=1S/C16H10FN3O/c17-14-8-4-3-7-13(14)15-19-16(21-20-15)12-6-2-1-5-11(12)9-10-18/h1-8H,9H2. The molecule has 3 rings (SSSR count). The van der Waals surface area contributed by atoms with Gasteiger partial charge in [-0.2, -0.15) is 10.2 Å². The minimum atomic E-state index is -0.407. The number of hydrogen-bond donors (Lipinski definition) is 0. The van der Waals surface area contributed by atoms with Gasteiger partial charge in [-0.3, -0.25) is 0 Å². The molecule has 0 N–H and O–H groups in total. The van der Waals surface area contributed by atoms with E-state index in [0.29, 0.717) is 5.56 Å². The minimum absolute atomic E-state index is 0.190. The second-order valence-corrected chi connectivity index (χ2v) is 4.40. The third-order valence-electron chi connectivity index (χ3n) is 3.06. The molecule has 0 spiro atoms. The molecular weight excluding hydrogens is 269 g/mol. The van der Waals surface area contributed by atoms with Gasteiger partial charge < -0.3 is 4.52 Å². The van der Waals surface area contributed by atoms with Crippen LogP contribution in [0, 0.1) is 17.1 Å². The van der Waals surface area contributed by atoms with Gasteiger partial charge in [-0.1, -0.05) is 35.5 Å². The maximum atomic E-state index is 13.7. The Morgan fingerprint density at radius 3 is 2.52 bits per heavy atom. The molecule has 0 unspecified atom stereocenters. The van der Waals surface area contributed by atoms with Crippen molar-refractivity contribution < 1.29 is 8.91 Å². The fourth-order valence-corrected chi connectivity index (χ4v) is 2.05. The summed E-state index contributed by atoms with van der Waals surface area (Å²) in [6.45, 7) is 0. The van der Waals surface area contributed by atoms with Crippen LogP contribution in [0.3, 0.4) is 0 Å². The highest BCUT2D eigenvalue weighted by atomic mass is 19.1. The zero-order valence-corrected chi connectivity index (χ0v) is 11.0.